The molecular formula is C29H47NO5. The lowest BCUT2D eigenvalue weighted by Gasteiger charge is -2.64. The van der Waals surface area contributed by atoms with Gasteiger partial charge in [-0.15, -0.1) is 0 Å². The van der Waals surface area contributed by atoms with Crippen molar-refractivity contribution in [2.75, 3.05) is 26.4 Å². The first-order valence-electron chi connectivity index (χ1n) is 13.6. The summed E-state index contributed by atoms with van der Waals surface area (Å²) in [7, 11) is 0. The molecule has 0 saturated carbocycles. The highest BCUT2D eigenvalue weighted by molar-refractivity contribution is 5.28. The molecule has 198 valence electrons. The Kier molecular flexibility index (Phi) is 7.63. The maximum Gasteiger partial charge on any atom is 0.174 e. The fourth-order valence-electron chi connectivity index (χ4n) is 5.63. The van der Waals surface area contributed by atoms with Gasteiger partial charge in [-0.1, -0.05) is 46.8 Å². The number of ether oxygens (including phenoxy) is 4. The summed E-state index contributed by atoms with van der Waals surface area (Å²) in [4.78, 5) is 6.87. The van der Waals surface area contributed by atoms with Gasteiger partial charge in [-0.25, -0.2) is 0 Å². The number of epoxide rings is 1. The van der Waals surface area contributed by atoms with E-state index in [9.17, 15) is 0 Å². The summed E-state index contributed by atoms with van der Waals surface area (Å²) in [6.07, 6.45) is 3.88. The third-order valence-corrected chi connectivity index (χ3v) is 9.29. The topological polar surface area (TPSA) is 52.7 Å². The second kappa shape index (κ2) is 9.94. The van der Waals surface area contributed by atoms with Crippen LogP contribution in [0.2, 0.25) is 0 Å². The molecule has 35 heavy (non-hydrogen) atoms. The molecule has 0 aliphatic carbocycles. The molecule has 0 N–H and O–H groups in total. The number of hydrogen-bond acceptors (Lipinski definition) is 6. The molecular weight excluding hydrogens is 442 g/mol. The van der Waals surface area contributed by atoms with Crippen molar-refractivity contribution >= 4 is 0 Å². The molecule has 3 saturated heterocycles. The summed E-state index contributed by atoms with van der Waals surface area (Å²) in [6.45, 7) is 20.9. The van der Waals surface area contributed by atoms with Gasteiger partial charge >= 0.3 is 0 Å². The van der Waals surface area contributed by atoms with Gasteiger partial charge < -0.3 is 18.9 Å². The molecule has 5 unspecified atom stereocenters. The van der Waals surface area contributed by atoms with Crippen LogP contribution in [0.5, 0.6) is 5.75 Å². The Morgan fingerprint density at radius 2 is 1.63 bits per heavy atom. The predicted octanol–water partition coefficient (Wildman–Crippen LogP) is 6.30. The van der Waals surface area contributed by atoms with Crippen LogP contribution in [0.25, 0.3) is 0 Å². The Morgan fingerprint density at radius 1 is 1.00 bits per heavy atom. The van der Waals surface area contributed by atoms with E-state index in [1.807, 2.05) is 12.1 Å². The quantitative estimate of drug-likeness (QED) is 0.380. The van der Waals surface area contributed by atoms with Gasteiger partial charge in [0.1, 0.15) is 24.6 Å². The highest BCUT2D eigenvalue weighted by Crippen LogP contribution is 2.55. The van der Waals surface area contributed by atoms with Gasteiger partial charge in [0, 0.05) is 23.3 Å². The molecule has 5 atom stereocenters. The van der Waals surface area contributed by atoms with Crippen molar-refractivity contribution in [3.63, 3.8) is 0 Å². The van der Waals surface area contributed by atoms with Crippen LogP contribution in [0.3, 0.4) is 0 Å². The largest absolute Gasteiger partial charge is 0.491 e. The highest BCUT2D eigenvalue weighted by Gasteiger charge is 2.63. The predicted molar refractivity (Wildman–Crippen MR) is 137 cm³/mol. The first-order chi connectivity index (χ1) is 16.5. The normalized spacial score (nSPS) is 40.6. The van der Waals surface area contributed by atoms with E-state index in [2.05, 4.69) is 72.6 Å². The Bertz CT molecular complexity index is 847. The number of nitrogens with zero attached hydrogens (tertiary/aromatic N) is 1. The van der Waals surface area contributed by atoms with Gasteiger partial charge in [-0.3, -0.25) is 4.84 Å². The number of hydroxylamine groups is 2. The molecule has 0 bridgehead atoms. The summed E-state index contributed by atoms with van der Waals surface area (Å²) in [5.41, 5.74) is 0.747. The standard InChI is InChI=1S/C29H47NO5/c1-9-26(6)19-33-29(34-20-26)18-27(7,10-2)30(28(8,11-3)22(29)5)35-21(4)23-12-14-24(15-13-23)31-16-25-17-32-25/h12-15,21-22,25H,9-11,16-20H2,1-8H3. The minimum Gasteiger partial charge on any atom is -0.491 e. The van der Waals surface area contributed by atoms with Crippen LogP contribution < -0.4 is 4.74 Å². The zero-order valence-corrected chi connectivity index (χ0v) is 23.2. The maximum absolute atomic E-state index is 6.87. The van der Waals surface area contributed by atoms with Crippen LogP contribution in [0.1, 0.15) is 92.7 Å². The Balaban J connectivity index is 1.53. The van der Waals surface area contributed by atoms with Crippen LogP contribution >= 0.6 is 0 Å². The molecule has 4 rings (SSSR count). The maximum atomic E-state index is 6.87. The zero-order chi connectivity index (χ0) is 25.5. The summed E-state index contributed by atoms with van der Waals surface area (Å²) < 4.78 is 24.4. The molecule has 0 radical (unpaired) electrons. The molecule has 3 fully saturated rings. The van der Waals surface area contributed by atoms with E-state index in [-0.39, 0.29) is 34.6 Å². The number of benzene rings is 1. The van der Waals surface area contributed by atoms with E-state index < -0.39 is 5.79 Å². The highest BCUT2D eigenvalue weighted by atomic mass is 16.7. The summed E-state index contributed by atoms with van der Waals surface area (Å²) >= 11 is 0. The lowest BCUT2D eigenvalue weighted by molar-refractivity contribution is -0.415. The second-order valence-corrected chi connectivity index (χ2v) is 11.9. The number of hydrogen-bond donors (Lipinski definition) is 0. The van der Waals surface area contributed by atoms with Crippen molar-refractivity contribution in [1.29, 1.82) is 0 Å². The molecule has 3 aliphatic heterocycles. The molecule has 6 heteroatoms. The van der Waals surface area contributed by atoms with Gasteiger partial charge in [-0.2, -0.15) is 5.06 Å². The van der Waals surface area contributed by atoms with Crippen LogP contribution in [0, 0.1) is 11.3 Å². The van der Waals surface area contributed by atoms with Gasteiger partial charge in [0.05, 0.1) is 25.4 Å². The van der Waals surface area contributed by atoms with Crippen molar-refractivity contribution in [3.8, 4) is 5.75 Å². The number of rotatable bonds is 9. The van der Waals surface area contributed by atoms with Crippen LogP contribution in [0.4, 0.5) is 0 Å². The molecule has 1 aromatic rings. The molecule has 0 aromatic heterocycles. The summed E-state index contributed by atoms with van der Waals surface area (Å²) in [5, 5.41) is 2.30. The zero-order valence-electron chi connectivity index (χ0n) is 23.2. The van der Waals surface area contributed by atoms with Crippen molar-refractivity contribution in [2.24, 2.45) is 11.3 Å². The van der Waals surface area contributed by atoms with E-state index in [0.717, 1.165) is 56.8 Å². The van der Waals surface area contributed by atoms with Gasteiger partial charge in [0.25, 0.3) is 0 Å². The minimum atomic E-state index is -0.586. The van der Waals surface area contributed by atoms with Crippen LogP contribution in [-0.4, -0.2) is 54.5 Å². The average Bonchev–Trinajstić information content (AvgIpc) is 3.71. The Morgan fingerprint density at radius 3 is 2.14 bits per heavy atom. The fraction of sp³-hybridized carbons (Fsp3) is 0.793. The van der Waals surface area contributed by atoms with Crippen molar-refractivity contribution in [3.05, 3.63) is 29.8 Å². The lowest BCUT2D eigenvalue weighted by atomic mass is 9.66. The number of piperidine rings is 1. The van der Waals surface area contributed by atoms with Crippen LogP contribution in [0.15, 0.2) is 24.3 Å². The molecule has 3 aliphatic rings. The second-order valence-electron chi connectivity index (χ2n) is 11.9. The molecule has 1 aromatic carbocycles. The Labute approximate surface area is 212 Å². The third kappa shape index (κ3) is 5.15. The average molecular weight is 490 g/mol. The first kappa shape index (κ1) is 26.9. The monoisotopic (exact) mass is 489 g/mol. The van der Waals surface area contributed by atoms with Crippen molar-refractivity contribution in [1.82, 2.24) is 5.06 Å². The molecule has 3 heterocycles. The molecule has 1 spiro atoms. The van der Waals surface area contributed by atoms with Gasteiger partial charge in [0.15, 0.2) is 5.79 Å². The first-order valence-corrected chi connectivity index (χ1v) is 13.6. The molecule has 6 nitrogen and oxygen atoms in total. The van der Waals surface area contributed by atoms with E-state index in [1.165, 1.54) is 0 Å². The van der Waals surface area contributed by atoms with Crippen molar-refractivity contribution < 1.29 is 23.8 Å². The fourth-order valence-corrected chi connectivity index (χ4v) is 5.63. The van der Waals surface area contributed by atoms with Crippen molar-refractivity contribution in [2.45, 2.75) is 110 Å². The van der Waals surface area contributed by atoms with E-state index in [0.29, 0.717) is 6.61 Å². The van der Waals surface area contributed by atoms with E-state index in [4.69, 9.17) is 23.8 Å². The van der Waals surface area contributed by atoms with Crippen LogP contribution in [-0.2, 0) is 19.0 Å². The summed E-state index contributed by atoms with van der Waals surface area (Å²) in [6, 6.07) is 8.26. The third-order valence-electron chi connectivity index (χ3n) is 9.29. The van der Waals surface area contributed by atoms with E-state index in [1.54, 1.807) is 0 Å². The summed E-state index contributed by atoms with van der Waals surface area (Å²) in [5.74, 6) is 0.429. The van der Waals surface area contributed by atoms with E-state index >= 15 is 0 Å². The minimum absolute atomic E-state index is 0.0832. The van der Waals surface area contributed by atoms with Gasteiger partial charge in [0.2, 0.25) is 0 Å². The Hall–Kier alpha value is -1.18. The molecule has 0 amide bonds. The lowest BCUT2D eigenvalue weighted by Crippen LogP contribution is -2.73. The smallest absolute Gasteiger partial charge is 0.174 e. The SMILES string of the molecule is CCC1(C)COC2(CC(C)(CC)N(OC(C)c3ccc(OCC4CO4)cc3)C(C)(CC)C2C)OC1. The van der Waals surface area contributed by atoms with Gasteiger partial charge in [-0.05, 0) is 57.7 Å².